The van der Waals surface area contributed by atoms with Gasteiger partial charge in [0.05, 0.1) is 0 Å². The Kier molecular flexibility index (Phi) is 2.01. The van der Waals surface area contributed by atoms with Crippen LogP contribution >= 0.6 is 22.9 Å². The van der Waals surface area contributed by atoms with Gasteiger partial charge in [0, 0.05) is 39.3 Å². The molecule has 15 heavy (non-hydrogen) atoms. The van der Waals surface area contributed by atoms with Gasteiger partial charge in [-0.25, -0.2) is 4.98 Å². The molecule has 1 aromatic carbocycles. The van der Waals surface area contributed by atoms with Gasteiger partial charge in [0.15, 0.2) is 0 Å². The molecule has 0 unspecified atom stereocenters. The van der Waals surface area contributed by atoms with Crippen LogP contribution in [0.15, 0.2) is 36.0 Å². The molecule has 0 radical (unpaired) electrons. The molecule has 2 aromatic heterocycles. The fourth-order valence-corrected chi connectivity index (χ4v) is 2.47. The zero-order valence-electron chi connectivity index (χ0n) is 7.70. The molecule has 0 spiro atoms. The Hall–Kier alpha value is -1.32. The van der Waals surface area contributed by atoms with E-state index in [1.54, 1.807) is 11.3 Å². The summed E-state index contributed by atoms with van der Waals surface area (Å²) < 4.78 is 0. The highest BCUT2D eigenvalue weighted by Crippen LogP contribution is 2.31. The predicted octanol–water partition coefficient (Wildman–Crippen LogP) is 3.94. The van der Waals surface area contributed by atoms with Gasteiger partial charge in [-0.2, -0.15) is 0 Å². The van der Waals surface area contributed by atoms with E-state index in [1.165, 1.54) is 0 Å². The molecule has 4 heteroatoms. The summed E-state index contributed by atoms with van der Waals surface area (Å²) in [5, 5.41) is 4.86. The minimum atomic E-state index is 0.750. The second-order valence-corrected chi connectivity index (χ2v) is 4.56. The number of thiazole rings is 1. The maximum Gasteiger partial charge on any atom is 0.125 e. The number of H-pyrrole nitrogens is 1. The lowest BCUT2D eigenvalue weighted by Crippen LogP contribution is -1.72. The molecule has 0 saturated carbocycles. The molecule has 3 aromatic rings. The van der Waals surface area contributed by atoms with Crippen molar-refractivity contribution in [2.24, 2.45) is 0 Å². The fourth-order valence-electron chi connectivity index (χ4n) is 1.63. The van der Waals surface area contributed by atoms with E-state index in [9.17, 15) is 0 Å². The average Bonchev–Trinajstić information content (AvgIpc) is 2.83. The van der Waals surface area contributed by atoms with Crippen molar-refractivity contribution < 1.29 is 0 Å². The zero-order chi connectivity index (χ0) is 10.3. The second kappa shape index (κ2) is 3.36. The lowest BCUT2D eigenvalue weighted by molar-refractivity contribution is 1.41. The van der Waals surface area contributed by atoms with Crippen LogP contribution in [0.4, 0.5) is 0 Å². The summed E-state index contributed by atoms with van der Waals surface area (Å²) in [6.45, 7) is 0. The highest BCUT2D eigenvalue weighted by atomic mass is 35.5. The third-order valence-corrected chi connectivity index (χ3v) is 3.35. The minimum Gasteiger partial charge on any atom is -0.360 e. The van der Waals surface area contributed by atoms with Crippen LogP contribution in [0.1, 0.15) is 0 Å². The summed E-state index contributed by atoms with van der Waals surface area (Å²) in [7, 11) is 0. The predicted molar refractivity (Wildman–Crippen MR) is 64.4 cm³/mol. The van der Waals surface area contributed by atoms with Crippen molar-refractivity contribution in [1.29, 1.82) is 0 Å². The van der Waals surface area contributed by atoms with Gasteiger partial charge in [-0.15, -0.1) is 11.3 Å². The molecule has 74 valence electrons. The van der Waals surface area contributed by atoms with Gasteiger partial charge in [-0.05, 0) is 18.2 Å². The first-order chi connectivity index (χ1) is 7.34. The summed E-state index contributed by atoms with van der Waals surface area (Å²) in [4.78, 5) is 7.51. The molecule has 1 N–H and O–H groups in total. The highest BCUT2D eigenvalue weighted by molar-refractivity contribution is 7.13. The van der Waals surface area contributed by atoms with Crippen molar-refractivity contribution in [3.8, 4) is 10.6 Å². The minimum absolute atomic E-state index is 0.750. The Morgan fingerprint density at radius 1 is 1.33 bits per heavy atom. The number of nitrogens with one attached hydrogen (secondary N) is 1. The molecule has 2 heterocycles. The van der Waals surface area contributed by atoms with Crippen LogP contribution in [-0.2, 0) is 0 Å². The first kappa shape index (κ1) is 8.95. The monoisotopic (exact) mass is 234 g/mol. The van der Waals surface area contributed by atoms with Crippen LogP contribution in [0.5, 0.6) is 0 Å². The number of aromatic nitrogens is 2. The van der Waals surface area contributed by atoms with E-state index in [4.69, 9.17) is 11.6 Å². The number of benzene rings is 1. The summed E-state index contributed by atoms with van der Waals surface area (Å²) in [6.07, 6.45) is 3.78. The van der Waals surface area contributed by atoms with E-state index in [1.807, 2.05) is 36.0 Å². The first-order valence-corrected chi connectivity index (χ1v) is 5.77. The van der Waals surface area contributed by atoms with E-state index in [-0.39, 0.29) is 0 Å². The van der Waals surface area contributed by atoms with Gasteiger partial charge < -0.3 is 4.98 Å². The smallest absolute Gasteiger partial charge is 0.125 e. The molecular formula is C11H7ClN2S. The second-order valence-electron chi connectivity index (χ2n) is 3.23. The molecule has 0 amide bonds. The van der Waals surface area contributed by atoms with Gasteiger partial charge in [-0.3, -0.25) is 0 Å². The van der Waals surface area contributed by atoms with Crippen LogP contribution in [0.2, 0.25) is 5.02 Å². The molecule has 0 bridgehead atoms. The summed E-state index contributed by atoms with van der Waals surface area (Å²) in [5.41, 5.74) is 2.20. The molecule has 0 aliphatic heterocycles. The molecule has 0 aliphatic rings. The standard InChI is InChI=1S/C11H7ClN2S/c12-7-1-2-10-8(5-7)9(6-14-10)11-13-3-4-15-11/h1-6,14H. The quantitative estimate of drug-likeness (QED) is 0.679. The van der Waals surface area contributed by atoms with Gasteiger partial charge in [0.2, 0.25) is 0 Å². The molecule has 0 aliphatic carbocycles. The first-order valence-electron chi connectivity index (χ1n) is 4.51. The highest BCUT2D eigenvalue weighted by Gasteiger charge is 2.07. The summed E-state index contributed by atoms with van der Waals surface area (Å²) in [5.74, 6) is 0. The van der Waals surface area contributed by atoms with Crippen molar-refractivity contribution in [2.75, 3.05) is 0 Å². The van der Waals surface area contributed by atoms with Crippen molar-refractivity contribution in [1.82, 2.24) is 9.97 Å². The van der Waals surface area contributed by atoms with E-state index in [0.29, 0.717) is 0 Å². The zero-order valence-corrected chi connectivity index (χ0v) is 9.27. The van der Waals surface area contributed by atoms with Crippen LogP contribution in [0.3, 0.4) is 0 Å². The van der Waals surface area contributed by atoms with Gasteiger partial charge in [0.1, 0.15) is 5.01 Å². The van der Waals surface area contributed by atoms with Crippen LogP contribution < -0.4 is 0 Å². The maximum absolute atomic E-state index is 5.98. The number of aromatic amines is 1. The van der Waals surface area contributed by atoms with E-state index in [0.717, 1.165) is 26.5 Å². The summed E-state index contributed by atoms with van der Waals surface area (Å²) >= 11 is 7.61. The molecule has 0 atom stereocenters. The van der Waals surface area contributed by atoms with Crippen molar-refractivity contribution >= 4 is 33.8 Å². The van der Waals surface area contributed by atoms with E-state index < -0.39 is 0 Å². The third kappa shape index (κ3) is 1.44. The van der Waals surface area contributed by atoms with E-state index in [2.05, 4.69) is 9.97 Å². The van der Waals surface area contributed by atoms with Crippen LogP contribution in [-0.4, -0.2) is 9.97 Å². The van der Waals surface area contributed by atoms with Crippen molar-refractivity contribution in [3.05, 3.63) is 41.0 Å². The lowest BCUT2D eigenvalue weighted by Gasteiger charge is -1.94. The van der Waals surface area contributed by atoms with Gasteiger partial charge in [0.25, 0.3) is 0 Å². The normalized spacial score (nSPS) is 11.0. The largest absolute Gasteiger partial charge is 0.360 e. The molecule has 3 rings (SSSR count). The topological polar surface area (TPSA) is 28.7 Å². The van der Waals surface area contributed by atoms with Crippen molar-refractivity contribution in [3.63, 3.8) is 0 Å². The van der Waals surface area contributed by atoms with Crippen LogP contribution in [0.25, 0.3) is 21.5 Å². The van der Waals surface area contributed by atoms with Gasteiger partial charge in [-0.1, -0.05) is 11.6 Å². The molecular weight excluding hydrogens is 228 g/mol. The lowest BCUT2D eigenvalue weighted by atomic mass is 10.2. The number of hydrogen-bond acceptors (Lipinski definition) is 2. The Labute approximate surface area is 95.5 Å². The molecule has 2 nitrogen and oxygen atoms in total. The maximum atomic E-state index is 5.98. The fraction of sp³-hybridized carbons (Fsp3) is 0. The average molecular weight is 235 g/mol. The Morgan fingerprint density at radius 2 is 2.27 bits per heavy atom. The number of nitrogens with zero attached hydrogens (tertiary/aromatic N) is 1. The third-order valence-electron chi connectivity index (χ3n) is 2.31. The molecule has 0 fully saturated rings. The van der Waals surface area contributed by atoms with E-state index >= 15 is 0 Å². The number of rotatable bonds is 1. The number of fused-ring (bicyclic) bond motifs is 1. The van der Waals surface area contributed by atoms with Gasteiger partial charge >= 0.3 is 0 Å². The van der Waals surface area contributed by atoms with Crippen molar-refractivity contribution in [2.45, 2.75) is 0 Å². The number of hydrogen-bond donors (Lipinski definition) is 1. The van der Waals surface area contributed by atoms with Crippen LogP contribution in [0, 0.1) is 0 Å². The number of halogens is 1. The molecule has 0 saturated heterocycles. The summed E-state index contributed by atoms with van der Waals surface area (Å²) in [6, 6.07) is 5.82. The Balaban J connectivity index is 2.32. The Bertz CT molecular complexity index is 598. The Morgan fingerprint density at radius 3 is 3.07 bits per heavy atom. The SMILES string of the molecule is Clc1ccc2[nH]cc(-c3nccs3)c2c1.